The van der Waals surface area contributed by atoms with Gasteiger partial charge in [0, 0.05) is 10.9 Å². The number of pyridine rings is 1. The summed E-state index contributed by atoms with van der Waals surface area (Å²) in [5.74, 6) is -5.91. The highest BCUT2D eigenvalue weighted by Crippen LogP contribution is 2.31. The summed E-state index contributed by atoms with van der Waals surface area (Å²) in [7, 11) is 0. The smallest absolute Gasteiger partial charge is 0.339 e. The van der Waals surface area contributed by atoms with Crippen LogP contribution in [0.5, 0.6) is 0 Å². The highest BCUT2D eigenvalue weighted by atomic mass is 32.1. The molecule has 1 N–H and O–H groups in total. The number of thiazole rings is 1. The number of esters is 1. The zero-order valence-electron chi connectivity index (χ0n) is 18.6. The molecule has 3 aromatic carbocycles. The topological polar surface area (TPSA) is 81.2 Å². The SMILES string of the molecule is Cc1c(-c2ccccc2)nc2ccccc2c1C(=O)OCC(=O)Nc1nc2c(F)c(F)c(F)cc2s1. The van der Waals surface area contributed by atoms with Gasteiger partial charge in [-0.05, 0) is 24.6 Å². The minimum atomic E-state index is -1.64. The molecule has 10 heteroatoms. The van der Waals surface area contributed by atoms with Gasteiger partial charge >= 0.3 is 5.97 Å². The molecule has 2 heterocycles. The zero-order valence-corrected chi connectivity index (χ0v) is 19.5. The molecule has 5 aromatic rings. The normalized spacial score (nSPS) is 11.1. The molecule has 180 valence electrons. The average molecular weight is 507 g/mol. The second-order valence-corrected chi connectivity index (χ2v) is 8.85. The number of anilines is 1. The number of carbonyl (C=O) groups is 2. The van der Waals surface area contributed by atoms with E-state index in [9.17, 15) is 22.8 Å². The van der Waals surface area contributed by atoms with Crippen molar-refractivity contribution in [1.82, 2.24) is 9.97 Å². The van der Waals surface area contributed by atoms with Crippen LogP contribution >= 0.6 is 11.3 Å². The summed E-state index contributed by atoms with van der Waals surface area (Å²) < 4.78 is 46.1. The fourth-order valence-corrected chi connectivity index (χ4v) is 4.74. The summed E-state index contributed by atoms with van der Waals surface area (Å²) in [6.07, 6.45) is 0. The van der Waals surface area contributed by atoms with E-state index in [0.717, 1.165) is 23.0 Å². The molecule has 0 atom stereocenters. The minimum Gasteiger partial charge on any atom is -0.452 e. The first kappa shape index (κ1) is 23.4. The highest BCUT2D eigenvalue weighted by molar-refractivity contribution is 7.22. The van der Waals surface area contributed by atoms with Crippen LogP contribution in [0.3, 0.4) is 0 Å². The number of para-hydroxylation sites is 1. The van der Waals surface area contributed by atoms with Crippen LogP contribution < -0.4 is 5.32 Å². The fourth-order valence-electron chi connectivity index (χ4n) is 3.83. The molecule has 0 aliphatic heterocycles. The number of amides is 1. The van der Waals surface area contributed by atoms with Crippen molar-refractivity contribution in [2.45, 2.75) is 6.92 Å². The van der Waals surface area contributed by atoms with Gasteiger partial charge in [-0.1, -0.05) is 59.9 Å². The summed E-state index contributed by atoms with van der Waals surface area (Å²) in [6, 6.07) is 17.3. The number of benzene rings is 3. The van der Waals surface area contributed by atoms with Crippen LogP contribution in [0.4, 0.5) is 18.3 Å². The number of rotatable bonds is 5. The van der Waals surface area contributed by atoms with Gasteiger partial charge < -0.3 is 4.74 Å². The summed E-state index contributed by atoms with van der Waals surface area (Å²) >= 11 is 0.759. The third kappa shape index (κ3) is 4.27. The van der Waals surface area contributed by atoms with Gasteiger partial charge in [0.1, 0.15) is 5.52 Å². The Kier molecular flexibility index (Phi) is 6.11. The molecule has 0 saturated carbocycles. The van der Waals surface area contributed by atoms with Crippen LogP contribution in [-0.2, 0) is 9.53 Å². The Balaban J connectivity index is 1.38. The molecular formula is C26H16F3N3O3S. The summed E-state index contributed by atoms with van der Waals surface area (Å²) in [5, 5.41) is 2.84. The van der Waals surface area contributed by atoms with Crippen molar-refractivity contribution in [2.24, 2.45) is 0 Å². The van der Waals surface area contributed by atoms with Gasteiger partial charge in [0.2, 0.25) is 0 Å². The van der Waals surface area contributed by atoms with E-state index in [1.165, 1.54) is 0 Å². The van der Waals surface area contributed by atoms with Crippen LogP contribution in [0.15, 0.2) is 60.7 Å². The first-order valence-electron chi connectivity index (χ1n) is 10.7. The number of halogens is 3. The largest absolute Gasteiger partial charge is 0.452 e. The number of fused-ring (bicyclic) bond motifs is 2. The first-order valence-corrected chi connectivity index (χ1v) is 11.5. The van der Waals surface area contributed by atoms with Crippen molar-refractivity contribution >= 4 is 49.5 Å². The van der Waals surface area contributed by atoms with E-state index >= 15 is 0 Å². The van der Waals surface area contributed by atoms with Crippen LogP contribution in [0, 0.1) is 24.4 Å². The molecule has 0 unspecified atom stereocenters. The predicted octanol–water partition coefficient (Wildman–Crippen LogP) is 6.03. The van der Waals surface area contributed by atoms with Gasteiger partial charge in [0.05, 0.1) is 21.5 Å². The average Bonchev–Trinajstić information content (AvgIpc) is 3.28. The highest BCUT2D eigenvalue weighted by Gasteiger charge is 2.22. The van der Waals surface area contributed by atoms with Gasteiger partial charge in [-0.2, -0.15) is 0 Å². The maximum absolute atomic E-state index is 13.9. The van der Waals surface area contributed by atoms with E-state index in [2.05, 4.69) is 10.3 Å². The fraction of sp³-hybridized carbons (Fsp3) is 0.0769. The van der Waals surface area contributed by atoms with E-state index in [1.54, 1.807) is 31.2 Å². The summed E-state index contributed by atoms with van der Waals surface area (Å²) in [4.78, 5) is 34.0. The number of ether oxygens (including phenoxy) is 1. The first-order chi connectivity index (χ1) is 17.3. The third-order valence-electron chi connectivity index (χ3n) is 5.49. The second kappa shape index (κ2) is 9.38. The lowest BCUT2D eigenvalue weighted by atomic mass is 9.98. The number of carbonyl (C=O) groups excluding carboxylic acids is 2. The number of nitrogens with one attached hydrogen (secondary N) is 1. The number of hydrogen-bond acceptors (Lipinski definition) is 6. The molecule has 6 nitrogen and oxygen atoms in total. The Morgan fingerprint density at radius 2 is 1.69 bits per heavy atom. The summed E-state index contributed by atoms with van der Waals surface area (Å²) in [5.41, 5.74) is 2.49. The lowest BCUT2D eigenvalue weighted by Crippen LogP contribution is -2.21. The maximum atomic E-state index is 13.9. The molecule has 2 aromatic heterocycles. The van der Waals surface area contributed by atoms with Crippen molar-refractivity contribution in [1.29, 1.82) is 0 Å². The molecule has 36 heavy (non-hydrogen) atoms. The van der Waals surface area contributed by atoms with E-state index in [1.807, 2.05) is 30.3 Å². The Hall–Kier alpha value is -4.31. The van der Waals surface area contributed by atoms with Gasteiger partial charge in [-0.25, -0.2) is 27.9 Å². The van der Waals surface area contributed by atoms with Gasteiger partial charge in [-0.15, -0.1) is 0 Å². The minimum absolute atomic E-state index is 0.0195. The molecule has 0 aliphatic rings. The molecule has 1 amide bonds. The van der Waals surface area contributed by atoms with E-state index in [-0.39, 0.29) is 15.4 Å². The molecule has 0 radical (unpaired) electrons. The lowest BCUT2D eigenvalue weighted by molar-refractivity contribution is -0.119. The molecule has 0 spiro atoms. The van der Waals surface area contributed by atoms with E-state index in [0.29, 0.717) is 22.2 Å². The van der Waals surface area contributed by atoms with Gasteiger partial charge in [-0.3, -0.25) is 10.1 Å². The van der Waals surface area contributed by atoms with Crippen LogP contribution in [0.2, 0.25) is 0 Å². The lowest BCUT2D eigenvalue weighted by Gasteiger charge is -2.14. The van der Waals surface area contributed by atoms with E-state index < -0.39 is 41.5 Å². The van der Waals surface area contributed by atoms with Crippen molar-refractivity contribution in [3.63, 3.8) is 0 Å². The van der Waals surface area contributed by atoms with Gasteiger partial charge in [0.25, 0.3) is 5.91 Å². The molecule has 0 fully saturated rings. The van der Waals surface area contributed by atoms with Crippen molar-refractivity contribution < 1.29 is 27.5 Å². The Labute approximate surface area is 206 Å². The molecule has 0 bridgehead atoms. The van der Waals surface area contributed by atoms with Crippen LogP contribution in [0.25, 0.3) is 32.4 Å². The third-order valence-corrected chi connectivity index (χ3v) is 6.41. The number of aromatic nitrogens is 2. The quantitative estimate of drug-likeness (QED) is 0.232. The van der Waals surface area contributed by atoms with Crippen molar-refractivity contribution in [2.75, 3.05) is 11.9 Å². The molecule has 0 saturated heterocycles. The van der Waals surface area contributed by atoms with Crippen molar-refractivity contribution in [3.8, 4) is 11.3 Å². The van der Waals surface area contributed by atoms with Crippen LogP contribution in [-0.4, -0.2) is 28.5 Å². The van der Waals surface area contributed by atoms with Crippen molar-refractivity contribution in [3.05, 3.63) is 89.2 Å². The Morgan fingerprint density at radius 1 is 0.972 bits per heavy atom. The maximum Gasteiger partial charge on any atom is 0.339 e. The Bertz CT molecular complexity index is 1650. The zero-order chi connectivity index (χ0) is 25.4. The predicted molar refractivity (Wildman–Crippen MR) is 130 cm³/mol. The van der Waals surface area contributed by atoms with E-state index in [4.69, 9.17) is 9.72 Å². The van der Waals surface area contributed by atoms with Gasteiger partial charge in [0.15, 0.2) is 29.2 Å². The number of hydrogen-bond donors (Lipinski definition) is 1. The second-order valence-electron chi connectivity index (χ2n) is 7.82. The monoisotopic (exact) mass is 507 g/mol. The Morgan fingerprint density at radius 3 is 2.47 bits per heavy atom. The molecular weight excluding hydrogens is 491 g/mol. The number of nitrogens with zero attached hydrogens (tertiary/aromatic N) is 2. The standard InChI is InChI=1S/C26H16F3N3O3S/c1-13-20(15-9-5-6-10-17(15)30-23(13)14-7-3-2-4-8-14)25(34)35-12-19(33)31-26-32-24-18(36-26)11-16(27)21(28)22(24)29/h2-11H,12H2,1H3,(H,31,32,33). The molecule has 0 aliphatic carbocycles. The molecule has 5 rings (SSSR count). The summed E-state index contributed by atoms with van der Waals surface area (Å²) in [6.45, 7) is 1.10. The van der Waals surface area contributed by atoms with Crippen LogP contribution in [0.1, 0.15) is 15.9 Å².